The average molecular weight is 303 g/mol. The van der Waals surface area contributed by atoms with E-state index >= 15 is 0 Å². The van der Waals surface area contributed by atoms with Gasteiger partial charge < -0.3 is 0 Å². The molecule has 0 aromatic carbocycles. The van der Waals surface area contributed by atoms with E-state index in [1.807, 2.05) is 23.5 Å². The van der Waals surface area contributed by atoms with Crippen LogP contribution >= 0.6 is 46.9 Å². The Kier molecular flexibility index (Phi) is 15.7. The van der Waals surface area contributed by atoms with E-state index in [1.54, 1.807) is 0 Å². The molecule has 0 nitrogen and oxygen atoms in total. The molecule has 3 aliphatic rings. The molecule has 3 heterocycles. The molecule has 0 radical (unpaired) electrons. The van der Waals surface area contributed by atoms with E-state index in [0.29, 0.717) is 4.71 Å². The number of thioether (sulfide) groups is 3. The van der Waals surface area contributed by atoms with Gasteiger partial charge >= 0.3 is 0 Å². The Bertz CT molecular complexity index is 116. The number of halogens is 1. The van der Waals surface area contributed by atoms with E-state index in [-0.39, 0.29) is 14.9 Å². The van der Waals surface area contributed by atoms with Gasteiger partial charge in [-0.2, -0.15) is 23.5 Å². The van der Waals surface area contributed by atoms with Crippen molar-refractivity contribution in [2.75, 3.05) is 23.0 Å². The Morgan fingerprint density at radius 2 is 1.19 bits per heavy atom. The van der Waals surface area contributed by atoms with Gasteiger partial charge in [0.1, 0.15) is 0 Å². The summed E-state index contributed by atoms with van der Waals surface area (Å²) in [5.74, 6) is 5.51. The Balaban J connectivity index is 0. The fraction of sp³-hybridized carbons (Fsp3) is 1.00. The van der Waals surface area contributed by atoms with E-state index in [2.05, 4.69) is 18.7 Å². The van der Waals surface area contributed by atoms with Crippen molar-refractivity contribution in [2.24, 2.45) is 0 Å². The van der Waals surface area contributed by atoms with Gasteiger partial charge in [-0.05, 0) is 42.3 Å². The molecule has 0 N–H and O–H groups in total. The molecule has 3 fully saturated rings. The minimum atomic E-state index is 0. The molecule has 16 heavy (non-hydrogen) atoms. The summed E-state index contributed by atoms with van der Waals surface area (Å²) in [5.41, 5.74) is 0. The third kappa shape index (κ3) is 10.5. The van der Waals surface area contributed by atoms with E-state index in [4.69, 9.17) is 11.6 Å². The van der Waals surface area contributed by atoms with Crippen LogP contribution in [0.2, 0.25) is 0 Å². The summed E-state index contributed by atoms with van der Waals surface area (Å²) in [7, 11) is 0. The summed E-state index contributed by atoms with van der Waals surface area (Å²) < 4.78 is 0.454. The molecular formula is C12H27ClS3. The topological polar surface area (TPSA) is 0 Å². The maximum absolute atomic E-state index is 5.51. The molecule has 0 aromatic rings. The van der Waals surface area contributed by atoms with Crippen LogP contribution in [-0.2, 0) is 0 Å². The van der Waals surface area contributed by atoms with Gasteiger partial charge in [-0.15, -0.1) is 23.4 Å². The van der Waals surface area contributed by atoms with Gasteiger partial charge in [0.2, 0.25) is 0 Å². The summed E-state index contributed by atoms with van der Waals surface area (Å²) in [6.07, 6.45) is 4.13. The molecule has 4 heteroatoms. The first-order chi connectivity index (χ1) is 6.79. The maximum Gasteiger partial charge on any atom is 0.0796 e. The van der Waals surface area contributed by atoms with Crippen molar-refractivity contribution in [3.8, 4) is 0 Å². The normalized spacial score (nSPS) is 28.9. The smallest absolute Gasteiger partial charge is 0.0796 e. The van der Waals surface area contributed by atoms with E-state index in [0.717, 1.165) is 5.25 Å². The molecule has 0 aliphatic carbocycles. The number of hydrogen-bond donors (Lipinski definition) is 0. The molecule has 3 rings (SSSR count). The van der Waals surface area contributed by atoms with Gasteiger partial charge in [0.15, 0.2) is 0 Å². The monoisotopic (exact) mass is 302 g/mol. The molecule has 2 atom stereocenters. The van der Waals surface area contributed by atoms with E-state index < -0.39 is 0 Å². The van der Waals surface area contributed by atoms with Crippen molar-refractivity contribution in [1.82, 2.24) is 0 Å². The van der Waals surface area contributed by atoms with Crippen molar-refractivity contribution in [3.05, 3.63) is 0 Å². The minimum absolute atomic E-state index is 0. The summed E-state index contributed by atoms with van der Waals surface area (Å²) in [4.78, 5) is 0. The number of hydrogen-bond acceptors (Lipinski definition) is 3. The zero-order chi connectivity index (χ0) is 10.2. The van der Waals surface area contributed by atoms with Crippen molar-refractivity contribution in [2.45, 2.75) is 51.0 Å². The van der Waals surface area contributed by atoms with Gasteiger partial charge in [-0.3, -0.25) is 0 Å². The molecule has 0 bridgehead atoms. The highest BCUT2D eigenvalue weighted by Crippen LogP contribution is 2.30. The zero-order valence-corrected chi connectivity index (χ0v) is 11.9. The lowest BCUT2D eigenvalue weighted by Crippen LogP contribution is -2.09. The highest BCUT2D eigenvalue weighted by atomic mass is 35.5. The molecule has 100 valence electrons. The predicted molar refractivity (Wildman–Crippen MR) is 88.7 cm³/mol. The first kappa shape index (κ1) is 19.7. The fourth-order valence-electron chi connectivity index (χ4n) is 0.705. The third-order valence-electron chi connectivity index (χ3n) is 2.15. The van der Waals surface area contributed by atoms with Gasteiger partial charge in [0.25, 0.3) is 0 Å². The number of rotatable bonds is 0. The Hall–Kier alpha value is 1.34. The van der Waals surface area contributed by atoms with Gasteiger partial charge in [-0.1, -0.05) is 21.8 Å². The maximum atomic E-state index is 5.51. The highest BCUT2D eigenvalue weighted by Gasteiger charge is 2.12. The zero-order valence-electron chi connectivity index (χ0n) is 8.71. The van der Waals surface area contributed by atoms with Gasteiger partial charge in [-0.25, -0.2) is 0 Å². The second-order valence-electron chi connectivity index (χ2n) is 3.51. The third-order valence-corrected chi connectivity index (χ3v) is 6.24. The van der Waals surface area contributed by atoms with Crippen molar-refractivity contribution in [1.29, 1.82) is 0 Å². The predicted octanol–water partition coefficient (Wildman–Crippen LogP) is 5.60. The summed E-state index contributed by atoms with van der Waals surface area (Å²) in [5, 5.41) is 0.981. The van der Waals surface area contributed by atoms with Gasteiger partial charge in [0.05, 0.1) is 4.71 Å². The second-order valence-corrected chi connectivity index (χ2v) is 8.37. The molecule has 0 amide bonds. The van der Waals surface area contributed by atoms with Crippen molar-refractivity contribution < 1.29 is 0 Å². The van der Waals surface area contributed by atoms with E-state index in [1.165, 1.54) is 42.3 Å². The molecule has 2 unspecified atom stereocenters. The van der Waals surface area contributed by atoms with Crippen molar-refractivity contribution in [3.63, 3.8) is 0 Å². The second kappa shape index (κ2) is 12.8. The van der Waals surface area contributed by atoms with Crippen LogP contribution < -0.4 is 0 Å². The lowest BCUT2D eigenvalue weighted by Gasteiger charge is -2.18. The molecule has 0 aromatic heterocycles. The van der Waals surface area contributed by atoms with Crippen LogP contribution in [-0.4, -0.2) is 33.0 Å². The van der Waals surface area contributed by atoms with Crippen molar-refractivity contribution >= 4 is 46.9 Å². The Labute approximate surface area is 120 Å². The largest absolute Gasteiger partial charge is 0.162 e. The molecule has 0 saturated carbocycles. The fourth-order valence-corrected chi connectivity index (χ4v) is 2.65. The van der Waals surface area contributed by atoms with Crippen LogP contribution in [0, 0.1) is 0 Å². The average Bonchev–Trinajstić information content (AvgIpc) is 1.95. The SMILES string of the molecule is C.C.C1CSC1.CC1CCS1.ClC1CCS1. The number of alkyl halides is 1. The molecule has 0 spiro atoms. The molecule has 3 saturated heterocycles. The van der Waals surface area contributed by atoms with E-state index in [9.17, 15) is 0 Å². The van der Waals surface area contributed by atoms with Gasteiger partial charge in [0, 0.05) is 5.25 Å². The highest BCUT2D eigenvalue weighted by molar-refractivity contribution is 8.02. The van der Waals surface area contributed by atoms with Crippen LogP contribution in [0.15, 0.2) is 0 Å². The summed E-state index contributed by atoms with van der Waals surface area (Å²) in [6, 6.07) is 0. The van der Waals surface area contributed by atoms with Crippen LogP contribution in [0.4, 0.5) is 0 Å². The Morgan fingerprint density at radius 1 is 0.938 bits per heavy atom. The van der Waals surface area contributed by atoms with Crippen LogP contribution in [0.25, 0.3) is 0 Å². The minimum Gasteiger partial charge on any atom is -0.162 e. The van der Waals surface area contributed by atoms with Crippen LogP contribution in [0.5, 0.6) is 0 Å². The summed E-state index contributed by atoms with van der Waals surface area (Å²) >= 11 is 11.4. The standard InChI is InChI=1S/C4H8S.C3H5ClS.C3H6S.2CH4/c1-4-2-3-5-4;4-3-1-2-5-3;1-2-4-3-1;;/h4H,2-3H2,1H3;3H,1-2H2;1-3H2;2*1H4. The lowest BCUT2D eigenvalue weighted by atomic mass is 10.3. The quantitative estimate of drug-likeness (QED) is 0.535. The van der Waals surface area contributed by atoms with Crippen LogP contribution in [0.1, 0.15) is 41.0 Å². The lowest BCUT2D eigenvalue weighted by molar-refractivity contribution is 0.861. The first-order valence-electron chi connectivity index (χ1n) is 5.24. The Morgan fingerprint density at radius 3 is 1.19 bits per heavy atom. The molecule has 3 aliphatic heterocycles. The first-order valence-corrected chi connectivity index (χ1v) is 8.93. The molecular weight excluding hydrogens is 276 g/mol. The van der Waals surface area contributed by atoms with Crippen LogP contribution in [0.3, 0.4) is 0 Å². The summed E-state index contributed by atoms with van der Waals surface area (Å²) in [6.45, 7) is 2.27.